The van der Waals surface area contributed by atoms with Crippen molar-refractivity contribution in [1.29, 1.82) is 0 Å². The summed E-state index contributed by atoms with van der Waals surface area (Å²) in [4.78, 5) is 0. The maximum atomic E-state index is 3.52. The molecule has 1 aliphatic heterocycles. The van der Waals surface area contributed by atoms with E-state index in [2.05, 4.69) is 47.8 Å². The van der Waals surface area contributed by atoms with Crippen LogP contribution in [0.1, 0.15) is 47.4 Å². The lowest BCUT2D eigenvalue weighted by molar-refractivity contribution is 0.579. The van der Waals surface area contributed by atoms with Gasteiger partial charge in [-0.3, -0.25) is 0 Å². The second-order valence-corrected chi connectivity index (χ2v) is 6.49. The normalized spacial score (nSPS) is 19.7. The van der Waals surface area contributed by atoms with Crippen LogP contribution < -0.4 is 5.32 Å². The van der Waals surface area contributed by atoms with E-state index >= 15 is 0 Å². The molecule has 0 saturated heterocycles. The first-order chi connectivity index (χ1) is 10.4. The molecule has 0 fully saturated rings. The molecule has 21 heavy (non-hydrogen) atoms. The van der Waals surface area contributed by atoms with Crippen LogP contribution in [-0.2, 0) is 19.3 Å². The first-order valence-corrected chi connectivity index (χ1v) is 8.33. The molecule has 1 heteroatoms. The standard InChI is InChI=1S/C20H23N/c1-2-7-20-19(6-1)17(12-13-21-20)11-9-15-8-10-16-4-3-5-18(16)14-15/h1-2,6-8,10,14,17,21H,3-5,9,11-13H2. The molecule has 2 aliphatic rings. The van der Waals surface area contributed by atoms with Gasteiger partial charge in [0.05, 0.1) is 0 Å². The molecule has 0 saturated carbocycles. The SMILES string of the molecule is c1ccc2c(c1)NCCC2CCc1ccc2c(c1)CCC2. The molecule has 0 bridgehead atoms. The Morgan fingerprint density at radius 2 is 1.90 bits per heavy atom. The van der Waals surface area contributed by atoms with Gasteiger partial charge in [-0.25, -0.2) is 0 Å². The Balaban J connectivity index is 1.48. The van der Waals surface area contributed by atoms with Crippen molar-refractivity contribution in [3.63, 3.8) is 0 Å². The molecule has 0 amide bonds. The highest BCUT2D eigenvalue weighted by Crippen LogP contribution is 2.34. The predicted octanol–water partition coefficient (Wildman–Crippen LogP) is 4.71. The van der Waals surface area contributed by atoms with Crippen molar-refractivity contribution >= 4 is 5.69 Å². The van der Waals surface area contributed by atoms with Crippen LogP contribution in [0, 0.1) is 0 Å². The molecule has 2 aromatic rings. The molecule has 1 atom stereocenters. The molecule has 4 rings (SSSR count). The number of fused-ring (bicyclic) bond motifs is 2. The second-order valence-electron chi connectivity index (χ2n) is 6.49. The fourth-order valence-corrected chi connectivity index (χ4v) is 3.97. The molecule has 1 aliphatic carbocycles. The number of nitrogens with one attached hydrogen (secondary N) is 1. The molecular weight excluding hydrogens is 254 g/mol. The third-order valence-corrected chi connectivity index (χ3v) is 5.15. The number of hydrogen-bond donors (Lipinski definition) is 1. The van der Waals surface area contributed by atoms with Crippen molar-refractivity contribution in [3.05, 3.63) is 64.7 Å². The van der Waals surface area contributed by atoms with Gasteiger partial charge in [0.1, 0.15) is 0 Å². The Morgan fingerprint density at radius 3 is 2.90 bits per heavy atom. The first kappa shape index (κ1) is 12.9. The number of para-hydroxylation sites is 1. The summed E-state index contributed by atoms with van der Waals surface area (Å²) in [7, 11) is 0. The van der Waals surface area contributed by atoms with Crippen molar-refractivity contribution in [3.8, 4) is 0 Å². The summed E-state index contributed by atoms with van der Waals surface area (Å²) in [5.41, 5.74) is 7.60. The van der Waals surface area contributed by atoms with Gasteiger partial charge in [0, 0.05) is 12.2 Å². The van der Waals surface area contributed by atoms with E-state index < -0.39 is 0 Å². The third kappa shape index (κ3) is 2.57. The van der Waals surface area contributed by atoms with E-state index in [9.17, 15) is 0 Å². The van der Waals surface area contributed by atoms with Gasteiger partial charge in [0.25, 0.3) is 0 Å². The molecule has 1 heterocycles. The molecule has 1 unspecified atom stereocenters. The Bertz CT molecular complexity index is 644. The van der Waals surface area contributed by atoms with E-state index in [0.717, 1.165) is 12.5 Å². The van der Waals surface area contributed by atoms with Crippen LogP contribution in [0.25, 0.3) is 0 Å². The summed E-state index contributed by atoms with van der Waals surface area (Å²) < 4.78 is 0. The summed E-state index contributed by atoms with van der Waals surface area (Å²) in [5.74, 6) is 0.718. The predicted molar refractivity (Wildman–Crippen MR) is 89.1 cm³/mol. The van der Waals surface area contributed by atoms with Crippen molar-refractivity contribution in [2.75, 3.05) is 11.9 Å². The number of hydrogen-bond acceptors (Lipinski definition) is 1. The van der Waals surface area contributed by atoms with E-state index in [1.165, 1.54) is 55.3 Å². The zero-order chi connectivity index (χ0) is 14.1. The van der Waals surface area contributed by atoms with Crippen molar-refractivity contribution in [2.24, 2.45) is 0 Å². The molecule has 0 radical (unpaired) electrons. The van der Waals surface area contributed by atoms with Gasteiger partial charge in [-0.1, -0.05) is 36.4 Å². The topological polar surface area (TPSA) is 12.0 Å². The second kappa shape index (κ2) is 5.55. The number of anilines is 1. The van der Waals surface area contributed by atoms with Gasteiger partial charge in [-0.2, -0.15) is 0 Å². The summed E-state index contributed by atoms with van der Waals surface area (Å²) in [6.45, 7) is 1.12. The molecule has 108 valence electrons. The van der Waals surface area contributed by atoms with Crippen LogP contribution in [0.3, 0.4) is 0 Å². The Morgan fingerprint density at radius 1 is 1.00 bits per heavy atom. The summed E-state index contributed by atoms with van der Waals surface area (Å²) in [6, 6.07) is 16.0. The van der Waals surface area contributed by atoms with E-state index in [0.29, 0.717) is 0 Å². The molecule has 1 nitrogen and oxygen atoms in total. The van der Waals surface area contributed by atoms with Gasteiger partial charge in [-0.15, -0.1) is 0 Å². The zero-order valence-corrected chi connectivity index (χ0v) is 12.6. The smallest absolute Gasteiger partial charge is 0.0375 e. The Hall–Kier alpha value is -1.76. The number of aryl methyl sites for hydroxylation is 3. The van der Waals surface area contributed by atoms with E-state index in [-0.39, 0.29) is 0 Å². The third-order valence-electron chi connectivity index (χ3n) is 5.15. The van der Waals surface area contributed by atoms with Crippen LogP contribution in [0.2, 0.25) is 0 Å². The summed E-state index contributed by atoms with van der Waals surface area (Å²) in [5, 5.41) is 3.52. The lowest BCUT2D eigenvalue weighted by Gasteiger charge is -2.26. The minimum Gasteiger partial charge on any atom is -0.385 e. The molecule has 1 N–H and O–H groups in total. The van der Waals surface area contributed by atoms with Crippen LogP contribution in [0.15, 0.2) is 42.5 Å². The maximum Gasteiger partial charge on any atom is 0.0375 e. The van der Waals surface area contributed by atoms with Crippen molar-refractivity contribution in [1.82, 2.24) is 0 Å². The quantitative estimate of drug-likeness (QED) is 0.857. The van der Waals surface area contributed by atoms with Crippen LogP contribution in [0.5, 0.6) is 0 Å². The van der Waals surface area contributed by atoms with Crippen LogP contribution in [0.4, 0.5) is 5.69 Å². The van der Waals surface area contributed by atoms with Crippen LogP contribution in [-0.4, -0.2) is 6.54 Å². The highest BCUT2D eigenvalue weighted by Gasteiger charge is 2.19. The van der Waals surface area contributed by atoms with Crippen molar-refractivity contribution in [2.45, 2.75) is 44.4 Å². The summed E-state index contributed by atoms with van der Waals surface area (Å²) in [6.07, 6.45) is 7.68. The van der Waals surface area contributed by atoms with E-state index in [1.807, 2.05) is 0 Å². The summed E-state index contributed by atoms with van der Waals surface area (Å²) >= 11 is 0. The van der Waals surface area contributed by atoms with E-state index in [4.69, 9.17) is 0 Å². The van der Waals surface area contributed by atoms with Gasteiger partial charge in [0.2, 0.25) is 0 Å². The molecule has 0 spiro atoms. The van der Waals surface area contributed by atoms with Gasteiger partial charge < -0.3 is 5.32 Å². The number of benzene rings is 2. The first-order valence-electron chi connectivity index (χ1n) is 8.33. The Kier molecular flexibility index (Phi) is 3.42. The fourth-order valence-electron chi connectivity index (χ4n) is 3.97. The molecular formula is C20H23N. The zero-order valence-electron chi connectivity index (χ0n) is 12.6. The molecule has 0 aromatic heterocycles. The maximum absolute atomic E-state index is 3.52. The van der Waals surface area contributed by atoms with Crippen LogP contribution >= 0.6 is 0 Å². The average Bonchev–Trinajstić information content (AvgIpc) is 3.00. The number of rotatable bonds is 3. The monoisotopic (exact) mass is 277 g/mol. The highest BCUT2D eigenvalue weighted by molar-refractivity contribution is 5.54. The van der Waals surface area contributed by atoms with E-state index in [1.54, 1.807) is 11.1 Å². The minimum absolute atomic E-state index is 0.718. The average molecular weight is 277 g/mol. The largest absolute Gasteiger partial charge is 0.385 e. The van der Waals surface area contributed by atoms with Gasteiger partial charge in [0.15, 0.2) is 0 Å². The highest BCUT2D eigenvalue weighted by atomic mass is 14.9. The lowest BCUT2D eigenvalue weighted by atomic mass is 9.86. The van der Waals surface area contributed by atoms with Crippen molar-refractivity contribution < 1.29 is 0 Å². The molecule has 2 aromatic carbocycles. The fraction of sp³-hybridized carbons (Fsp3) is 0.400. The Labute approximate surface area is 127 Å². The lowest BCUT2D eigenvalue weighted by Crippen LogP contribution is -2.17. The van der Waals surface area contributed by atoms with Gasteiger partial charge >= 0.3 is 0 Å². The van der Waals surface area contributed by atoms with Gasteiger partial charge in [-0.05, 0) is 72.8 Å². The minimum atomic E-state index is 0.718.